The van der Waals surface area contributed by atoms with Crippen LogP contribution in [-0.2, 0) is 4.79 Å². The Kier molecular flexibility index (Phi) is 3.09. The van der Waals surface area contributed by atoms with Crippen molar-refractivity contribution in [3.63, 3.8) is 0 Å². The second-order valence-corrected chi connectivity index (χ2v) is 3.55. The van der Waals surface area contributed by atoms with Crippen molar-refractivity contribution in [2.75, 3.05) is 6.54 Å². The maximum Gasteiger partial charge on any atom is 0.239 e. The molecule has 3 heteroatoms. The van der Waals surface area contributed by atoms with E-state index in [0.717, 1.165) is 13.0 Å². The molecular weight excluding hydrogens is 152 g/mol. The van der Waals surface area contributed by atoms with Crippen LogP contribution in [0.2, 0.25) is 0 Å². The van der Waals surface area contributed by atoms with Crippen molar-refractivity contribution in [2.45, 2.75) is 45.2 Å². The first-order chi connectivity index (χ1) is 5.66. The second-order valence-electron chi connectivity index (χ2n) is 3.55. The molecule has 70 valence electrons. The van der Waals surface area contributed by atoms with Gasteiger partial charge in [-0.25, -0.2) is 0 Å². The zero-order chi connectivity index (χ0) is 9.14. The molecule has 0 heterocycles. The predicted molar refractivity (Wildman–Crippen MR) is 48.7 cm³/mol. The summed E-state index contributed by atoms with van der Waals surface area (Å²) in [5.41, 5.74) is 5.54. The van der Waals surface area contributed by atoms with Crippen LogP contribution in [0.1, 0.15) is 33.1 Å². The zero-order valence-corrected chi connectivity index (χ0v) is 7.92. The molecule has 0 radical (unpaired) electrons. The van der Waals surface area contributed by atoms with E-state index >= 15 is 0 Å². The van der Waals surface area contributed by atoms with Gasteiger partial charge in [-0.15, -0.1) is 0 Å². The predicted octanol–water partition coefficient (Wildman–Crippen LogP) is 0.735. The fraction of sp³-hybridized carbons (Fsp3) is 0.889. The highest BCUT2D eigenvalue weighted by Gasteiger charge is 2.32. The fourth-order valence-electron chi connectivity index (χ4n) is 1.36. The highest BCUT2D eigenvalue weighted by atomic mass is 16.2. The molecule has 0 aromatic heterocycles. The number of hydrogen-bond donors (Lipinski definition) is 1. The van der Waals surface area contributed by atoms with Crippen LogP contribution in [0.15, 0.2) is 0 Å². The van der Waals surface area contributed by atoms with E-state index in [4.69, 9.17) is 5.73 Å². The van der Waals surface area contributed by atoms with Crippen molar-refractivity contribution in [3.05, 3.63) is 0 Å². The summed E-state index contributed by atoms with van der Waals surface area (Å²) >= 11 is 0. The van der Waals surface area contributed by atoms with E-state index in [0.29, 0.717) is 6.04 Å². The number of hydrogen-bond acceptors (Lipinski definition) is 2. The van der Waals surface area contributed by atoms with Crippen molar-refractivity contribution in [3.8, 4) is 0 Å². The molecule has 1 rings (SSSR count). The van der Waals surface area contributed by atoms with Gasteiger partial charge in [-0.1, -0.05) is 6.92 Å². The molecule has 1 atom stereocenters. The molecule has 0 aromatic rings. The average Bonchev–Trinajstić information content (AvgIpc) is 2.81. The average molecular weight is 170 g/mol. The van der Waals surface area contributed by atoms with Crippen molar-refractivity contribution >= 4 is 5.91 Å². The minimum absolute atomic E-state index is 0.111. The molecule has 3 nitrogen and oxygen atoms in total. The van der Waals surface area contributed by atoms with Crippen LogP contribution in [0, 0.1) is 0 Å². The Labute approximate surface area is 73.9 Å². The van der Waals surface area contributed by atoms with Crippen LogP contribution in [-0.4, -0.2) is 29.4 Å². The lowest BCUT2D eigenvalue weighted by molar-refractivity contribution is -0.132. The van der Waals surface area contributed by atoms with Crippen LogP contribution < -0.4 is 5.73 Å². The summed E-state index contributed by atoms with van der Waals surface area (Å²) in [5, 5.41) is 0. The number of nitrogens with two attached hydrogens (primary N) is 1. The smallest absolute Gasteiger partial charge is 0.239 e. The zero-order valence-electron chi connectivity index (χ0n) is 7.92. The van der Waals surface area contributed by atoms with Gasteiger partial charge < -0.3 is 10.6 Å². The Balaban J connectivity index is 2.46. The van der Waals surface area contributed by atoms with Gasteiger partial charge in [0.15, 0.2) is 0 Å². The first-order valence-corrected chi connectivity index (χ1v) is 4.73. The summed E-state index contributed by atoms with van der Waals surface area (Å²) < 4.78 is 0. The summed E-state index contributed by atoms with van der Waals surface area (Å²) in [4.78, 5) is 13.5. The highest BCUT2D eigenvalue weighted by Crippen LogP contribution is 2.27. The molecule has 0 aliphatic heterocycles. The number of amides is 1. The Hall–Kier alpha value is -0.570. The second kappa shape index (κ2) is 3.90. The lowest BCUT2D eigenvalue weighted by Crippen LogP contribution is -2.43. The molecule has 1 saturated carbocycles. The fourth-order valence-corrected chi connectivity index (χ4v) is 1.36. The largest absolute Gasteiger partial charge is 0.338 e. The quantitative estimate of drug-likeness (QED) is 0.676. The van der Waals surface area contributed by atoms with Gasteiger partial charge in [-0.2, -0.15) is 0 Å². The van der Waals surface area contributed by atoms with Crippen LogP contribution in [0.25, 0.3) is 0 Å². The minimum atomic E-state index is -0.336. The third-order valence-electron chi connectivity index (χ3n) is 2.12. The molecule has 0 saturated heterocycles. The first-order valence-electron chi connectivity index (χ1n) is 4.73. The van der Waals surface area contributed by atoms with E-state index < -0.39 is 0 Å². The number of carbonyl (C=O) groups excluding carboxylic acids is 1. The lowest BCUT2D eigenvalue weighted by Gasteiger charge is -2.23. The van der Waals surface area contributed by atoms with Crippen LogP contribution in [0.5, 0.6) is 0 Å². The molecular formula is C9H18N2O. The van der Waals surface area contributed by atoms with Gasteiger partial charge in [0.25, 0.3) is 0 Å². The van der Waals surface area contributed by atoms with E-state index in [2.05, 4.69) is 6.92 Å². The van der Waals surface area contributed by atoms with E-state index in [-0.39, 0.29) is 11.9 Å². The summed E-state index contributed by atoms with van der Waals surface area (Å²) in [5.74, 6) is 0.111. The molecule has 2 N–H and O–H groups in total. The molecule has 1 amide bonds. The molecule has 1 aliphatic carbocycles. The van der Waals surface area contributed by atoms with Crippen LogP contribution in [0.4, 0.5) is 0 Å². The Bertz CT molecular complexity index is 164. The standard InChI is InChI=1S/C9H18N2O/c1-3-6-11(8-4-5-8)9(12)7(2)10/h7-8H,3-6,10H2,1-2H3/t7-/m0/s1. The van der Waals surface area contributed by atoms with Gasteiger partial charge in [0.05, 0.1) is 6.04 Å². The number of rotatable bonds is 4. The van der Waals surface area contributed by atoms with Gasteiger partial charge in [0, 0.05) is 12.6 Å². The van der Waals surface area contributed by atoms with E-state index in [1.165, 1.54) is 12.8 Å². The molecule has 0 unspecified atom stereocenters. The van der Waals surface area contributed by atoms with Crippen molar-refractivity contribution < 1.29 is 4.79 Å². The van der Waals surface area contributed by atoms with E-state index in [1.54, 1.807) is 6.92 Å². The Morgan fingerprint density at radius 1 is 1.67 bits per heavy atom. The normalized spacial score (nSPS) is 18.9. The molecule has 1 aliphatic rings. The van der Waals surface area contributed by atoms with Gasteiger partial charge >= 0.3 is 0 Å². The monoisotopic (exact) mass is 170 g/mol. The van der Waals surface area contributed by atoms with Crippen molar-refractivity contribution in [1.82, 2.24) is 4.90 Å². The summed E-state index contributed by atoms with van der Waals surface area (Å²) in [6.45, 7) is 4.71. The lowest BCUT2D eigenvalue weighted by atomic mass is 10.3. The third-order valence-corrected chi connectivity index (χ3v) is 2.12. The Morgan fingerprint density at radius 2 is 2.25 bits per heavy atom. The minimum Gasteiger partial charge on any atom is -0.338 e. The number of carbonyl (C=O) groups is 1. The van der Waals surface area contributed by atoms with E-state index in [1.807, 2.05) is 4.90 Å². The van der Waals surface area contributed by atoms with E-state index in [9.17, 15) is 4.79 Å². The number of nitrogens with zero attached hydrogens (tertiary/aromatic N) is 1. The van der Waals surface area contributed by atoms with Crippen molar-refractivity contribution in [2.24, 2.45) is 5.73 Å². The Morgan fingerprint density at radius 3 is 2.58 bits per heavy atom. The highest BCUT2D eigenvalue weighted by molar-refractivity contribution is 5.81. The topological polar surface area (TPSA) is 46.3 Å². The van der Waals surface area contributed by atoms with Crippen molar-refractivity contribution in [1.29, 1.82) is 0 Å². The third kappa shape index (κ3) is 2.21. The van der Waals surface area contributed by atoms with Crippen LogP contribution >= 0.6 is 0 Å². The summed E-state index contributed by atoms with van der Waals surface area (Å²) in [7, 11) is 0. The molecule has 0 aromatic carbocycles. The maximum absolute atomic E-state index is 11.5. The maximum atomic E-state index is 11.5. The SMILES string of the molecule is CCCN(C(=O)[C@H](C)N)C1CC1. The van der Waals surface area contributed by atoms with Gasteiger partial charge in [-0.05, 0) is 26.2 Å². The summed E-state index contributed by atoms with van der Waals surface area (Å²) in [6, 6.07) is 0.167. The molecule has 0 bridgehead atoms. The summed E-state index contributed by atoms with van der Waals surface area (Å²) in [6.07, 6.45) is 3.35. The van der Waals surface area contributed by atoms with Gasteiger partial charge in [0.1, 0.15) is 0 Å². The van der Waals surface area contributed by atoms with Gasteiger partial charge in [0.2, 0.25) is 5.91 Å². The first kappa shape index (κ1) is 9.52. The van der Waals surface area contributed by atoms with Crippen LogP contribution in [0.3, 0.4) is 0 Å². The molecule has 12 heavy (non-hydrogen) atoms. The molecule has 1 fully saturated rings. The molecule has 0 spiro atoms. The van der Waals surface area contributed by atoms with Gasteiger partial charge in [-0.3, -0.25) is 4.79 Å².